The van der Waals surface area contributed by atoms with E-state index in [2.05, 4.69) is 5.16 Å². The minimum atomic E-state index is -0.0236. The molecule has 0 spiro atoms. The van der Waals surface area contributed by atoms with Gasteiger partial charge in [-0.15, -0.1) is 0 Å². The second-order valence-electron chi connectivity index (χ2n) is 5.23. The van der Waals surface area contributed by atoms with E-state index < -0.39 is 0 Å². The van der Waals surface area contributed by atoms with Crippen LogP contribution >= 0.6 is 0 Å². The highest BCUT2D eigenvalue weighted by atomic mass is 16.7. The highest BCUT2D eigenvalue weighted by Gasteiger charge is 2.22. The van der Waals surface area contributed by atoms with Crippen LogP contribution in [0.3, 0.4) is 0 Å². The predicted molar refractivity (Wildman–Crippen MR) is 77.2 cm³/mol. The third-order valence-electron chi connectivity index (χ3n) is 3.83. The van der Waals surface area contributed by atoms with Gasteiger partial charge in [0, 0.05) is 24.6 Å². The molecule has 0 aliphatic carbocycles. The summed E-state index contributed by atoms with van der Waals surface area (Å²) in [5, 5.41) is 3.77. The van der Waals surface area contributed by atoms with Crippen molar-refractivity contribution in [1.29, 1.82) is 0 Å². The van der Waals surface area contributed by atoms with Gasteiger partial charge in [-0.2, -0.15) is 0 Å². The number of fused-ring (bicyclic) bond motifs is 2. The summed E-state index contributed by atoms with van der Waals surface area (Å²) in [5.41, 5.74) is 1.89. The number of rotatable bonds is 2. The Bertz CT molecular complexity index is 750. The zero-order valence-corrected chi connectivity index (χ0v) is 11.8. The molecule has 0 saturated heterocycles. The Kier molecular flexibility index (Phi) is 3.07. The summed E-state index contributed by atoms with van der Waals surface area (Å²) in [6.07, 6.45) is 5.75. The summed E-state index contributed by atoms with van der Waals surface area (Å²) >= 11 is 0. The second kappa shape index (κ2) is 5.22. The molecule has 6 heteroatoms. The molecule has 0 N–H and O–H groups in total. The molecule has 6 nitrogen and oxygen atoms in total. The number of nitrogens with zero attached hydrogens (tertiary/aromatic N) is 2. The molecule has 3 heterocycles. The fourth-order valence-corrected chi connectivity index (χ4v) is 2.62. The normalized spacial score (nSPS) is 16.1. The molecule has 2 aliphatic rings. The van der Waals surface area contributed by atoms with Gasteiger partial charge in [-0.1, -0.05) is 11.2 Å². The molecule has 0 radical (unpaired) electrons. The third-order valence-corrected chi connectivity index (χ3v) is 3.83. The van der Waals surface area contributed by atoms with E-state index >= 15 is 0 Å². The van der Waals surface area contributed by atoms with Gasteiger partial charge in [-0.25, -0.2) is 0 Å². The van der Waals surface area contributed by atoms with Crippen molar-refractivity contribution in [3.8, 4) is 11.5 Å². The Balaban J connectivity index is 1.46. The number of benzene rings is 1. The summed E-state index contributed by atoms with van der Waals surface area (Å²) in [6.45, 7) is 1.44. The van der Waals surface area contributed by atoms with Crippen molar-refractivity contribution in [2.24, 2.45) is 0 Å². The molecule has 1 aromatic heterocycles. The van der Waals surface area contributed by atoms with Gasteiger partial charge in [0.05, 0.1) is 12.7 Å². The summed E-state index contributed by atoms with van der Waals surface area (Å²) in [7, 11) is 0. The van der Waals surface area contributed by atoms with E-state index in [0.29, 0.717) is 25.3 Å². The number of aromatic nitrogens is 1. The first-order chi connectivity index (χ1) is 10.8. The Morgan fingerprint density at radius 3 is 3.14 bits per heavy atom. The lowest BCUT2D eigenvalue weighted by molar-refractivity contribution is -0.126. The van der Waals surface area contributed by atoms with Crippen LogP contribution in [0.5, 0.6) is 11.5 Å². The lowest BCUT2D eigenvalue weighted by Crippen LogP contribution is -2.34. The molecule has 0 saturated carbocycles. The monoisotopic (exact) mass is 298 g/mol. The first kappa shape index (κ1) is 12.9. The van der Waals surface area contributed by atoms with Gasteiger partial charge >= 0.3 is 0 Å². The lowest BCUT2D eigenvalue weighted by Gasteiger charge is -2.24. The Morgan fingerprint density at radius 1 is 1.27 bits per heavy atom. The van der Waals surface area contributed by atoms with Crippen molar-refractivity contribution >= 4 is 12.0 Å². The molecule has 112 valence electrons. The Labute approximate surface area is 126 Å². The minimum absolute atomic E-state index is 0.0236. The van der Waals surface area contributed by atoms with Gasteiger partial charge in [-0.3, -0.25) is 4.79 Å². The van der Waals surface area contributed by atoms with Crippen LogP contribution in [0.2, 0.25) is 0 Å². The number of carbonyl (C=O) groups is 1. The summed E-state index contributed by atoms with van der Waals surface area (Å²) in [4.78, 5) is 14.0. The Morgan fingerprint density at radius 2 is 2.18 bits per heavy atom. The SMILES string of the molecule is O=C(/C=C/c1ccc2c(c1)OCO2)N1CCc2oncc2C1. The molecule has 4 rings (SSSR count). The van der Waals surface area contributed by atoms with E-state index in [9.17, 15) is 4.79 Å². The molecular weight excluding hydrogens is 284 g/mol. The number of hydrogen-bond acceptors (Lipinski definition) is 5. The fourth-order valence-electron chi connectivity index (χ4n) is 2.62. The van der Waals surface area contributed by atoms with E-state index in [-0.39, 0.29) is 12.7 Å². The number of hydrogen-bond donors (Lipinski definition) is 0. The molecule has 0 unspecified atom stereocenters. The van der Waals surface area contributed by atoms with Crippen LogP contribution in [0.4, 0.5) is 0 Å². The zero-order chi connectivity index (χ0) is 14.9. The number of carbonyl (C=O) groups excluding carboxylic acids is 1. The van der Waals surface area contributed by atoms with E-state index in [1.807, 2.05) is 18.2 Å². The number of amides is 1. The van der Waals surface area contributed by atoms with Crippen molar-refractivity contribution in [3.63, 3.8) is 0 Å². The van der Waals surface area contributed by atoms with Crippen LogP contribution in [-0.2, 0) is 17.8 Å². The van der Waals surface area contributed by atoms with Gasteiger partial charge in [-0.05, 0) is 23.8 Å². The maximum Gasteiger partial charge on any atom is 0.246 e. The molecule has 0 bridgehead atoms. The second-order valence-corrected chi connectivity index (χ2v) is 5.23. The van der Waals surface area contributed by atoms with Crippen LogP contribution in [0.25, 0.3) is 6.08 Å². The average molecular weight is 298 g/mol. The zero-order valence-electron chi connectivity index (χ0n) is 11.8. The summed E-state index contributed by atoms with van der Waals surface area (Å²) < 4.78 is 15.7. The van der Waals surface area contributed by atoms with Crippen molar-refractivity contribution < 1.29 is 18.8 Å². The molecule has 1 amide bonds. The van der Waals surface area contributed by atoms with E-state index in [1.165, 1.54) is 0 Å². The molecule has 0 fully saturated rings. The topological polar surface area (TPSA) is 64.8 Å². The quantitative estimate of drug-likeness (QED) is 0.793. The van der Waals surface area contributed by atoms with Gasteiger partial charge in [0.25, 0.3) is 0 Å². The maximum atomic E-state index is 12.3. The van der Waals surface area contributed by atoms with Crippen molar-refractivity contribution in [2.45, 2.75) is 13.0 Å². The summed E-state index contributed by atoms with van der Waals surface area (Å²) in [6, 6.07) is 5.60. The van der Waals surface area contributed by atoms with Crippen LogP contribution in [0.1, 0.15) is 16.9 Å². The minimum Gasteiger partial charge on any atom is -0.454 e. The van der Waals surface area contributed by atoms with Crippen molar-refractivity contribution in [3.05, 3.63) is 47.4 Å². The van der Waals surface area contributed by atoms with Crippen LogP contribution in [0.15, 0.2) is 35.0 Å². The van der Waals surface area contributed by atoms with E-state index in [0.717, 1.165) is 22.6 Å². The van der Waals surface area contributed by atoms with Gasteiger partial charge in [0.2, 0.25) is 12.7 Å². The molecule has 22 heavy (non-hydrogen) atoms. The highest BCUT2D eigenvalue weighted by Crippen LogP contribution is 2.32. The number of ether oxygens (including phenoxy) is 2. The first-order valence-corrected chi connectivity index (χ1v) is 7.09. The fraction of sp³-hybridized carbons (Fsp3) is 0.250. The van der Waals surface area contributed by atoms with Gasteiger partial charge in [0.15, 0.2) is 11.5 Å². The van der Waals surface area contributed by atoms with E-state index in [1.54, 1.807) is 23.2 Å². The maximum absolute atomic E-state index is 12.3. The van der Waals surface area contributed by atoms with Crippen LogP contribution < -0.4 is 9.47 Å². The molecular formula is C16H14N2O4. The standard InChI is InChI=1S/C16H14N2O4/c19-16(18-6-5-13-12(9-18)8-17-22-13)4-2-11-1-3-14-15(7-11)21-10-20-14/h1-4,7-8H,5-6,9-10H2/b4-2+. The largest absolute Gasteiger partial charge is 0.454 e. The van der Waals surface area contributed by atoms with Crippen molar-refractivity contribution in [2.75, 3.05) is 13.3 Å². The average Bonchev–Trinajstić information content (AvgIpc) is 3.19. The van der Waals surface area contributed by atoms with Gasteiger partial charge < -0.3 is 18.9 Å². The third kappa shape index (κ3) is 2.32. The highest BCUT2D eigenvalue weighted by molar-refractivity contribution is 5.92. The predicted octanol–water partition coefficient (Wildman–Crippen LogP) is 2.00. The summed E-state index contributed by atoms with van der Waals surface area (Å²) in [5.74, 6) is 2.30. The molecule has 0 atom stereocenters. The molecule has 2 aromatic rings. The lowest BCUT2D eigenvalue weighted by atomic mass is 10.1. The van der Waals surface area contributed by atoms with Gasteiger partial charge in [0.1, 0.15) is 5.76 Å². The molecule has 1 aromatic carbocycles. The molecule has 2 aliphatic heterocycles. The van der Waals surface area contributed by atoms with Crippen LogP contribution in [0, 0.1) is 0 Å². The first-order valence-electron chi connectivity index (χ1n) is 7.09. The van der Waals surface area contributed by atoms with E-state index in [4.69, 9.17) is 14.0 Å². The van der Waals surface area contributed by atoms with Crippen LogP contribution in [-0.4, -0.2) is 29.3 Å². The van der Waals surface area contributed by atoms with Crippen molar-refractivity contribution in [1.82, 2.24) is 10.1 Å². The Hall–Kier alpha value is -2.76. The smallest absolute Gasteiger partial charge is 0.246 e.